The van der Waals surface area contributed by atoms with Crippen molar-refractivity contribution in [2.24, 2.45) is 0 Å². The average Bonchev–Trinajstić information content (AvgIpc) is 3.72. The van der Waals surface area contributed by atoms with Crippen molar-refractivity contribution < 1.29 is 36.7 Å². The monoisotopic (exact) mass is 580 g/mol. The number of amides is 1. The van der Waals surface area contributed by atoms with Gasteiger partial charge in [-0.3, -0.25) is 9.59 Å². The molecule has 1 saturated carbocycles. The van der Waals surface area contributed by atoms with Gasteiger partial charge < -0.3 is 19.6 Å². The van der Waals surface area contributed by atoms with Crippen molar-refractivity contribution in [2.75, 3.05) is 13.6 Å². The Bertz CT molecular complexity index is 1690. The summed E-state index contributed by atoms with van der Waals surface area (Å²) in [6, 6.07) is 16.1. The number of rotatable bonds is 12. The van der Waals surface area contributed by atoms with Crippen molar-refractivity contribution >= 4 is 32.9 Å². The van der Waals surface area contributed by atoms with E-state index in [-0.39, 0.29) is 42.8 Å². The molecule has 1 heterocycles. The van der Waals surface area contributed by atoms with E-state index in [4.69, 9.17) is 14.3 Å². The van der Waals surface area contributed by atoms with Crippen molar-refractivity contribution in [1.29, 1.82) is 0 Å². The second-order valence-corrected chi connectivity index (χ2v) is 11.7. The summed E-state index contributed by atoms with van der Waals surface area (Å²) in [7, 11) is -2.21. The Hall–Kier alpha value is -4.22. The largest absolute Gasteiger partial charge is 0.481 e. The normalized spacial score (nSPS) is 13.3. The van der Waals surface area contributed by atoms with Crippen LogP contribution in [0, 0.1) is 5.82 Å². The number of carboxylic acids is 1. The van der Waals surface area contributed by atoms with Crippen LogP contribution in [0.25, 0.3) is 22.3 Å². The Kier molecular flexibility index (Phi) is 8.09. The van der Waals surface area contributed by atoms with Crippen LogP contribution in [0.2, 0.25) is 0 Å². The first-order valence-electron chi connectivity index (χ1n) is 13.2. The molecular weight excluding hydrogens is 551 g/mol. The van der Waals surface area contributed by atoms with Gasteiger partial charge in [-0.05, 0) is 97.0 Å². The Balaban J connectivity index is 1.47. The summed E-state index contributed by atoms with van der Waals surface area (Å²) in [4.78, 5) is 23.8. The summed E-state index contributed by atoms with van der Waals surface area (Å²) in [5.41, 5.74) is 2.78. The summed E-state index contributed by atoms with van der Waals surface area (Å²) < 4.78 is 53.3. The maximum atomic E-state index is 13.2. The number of hydrogen-bond donors (Lipinski definition) is 3. The molecule has 1 aliphatic rings. The van der Waals surface area contributed by atoms with E-state index in [0.717, 1.165) is 18.4 Å². The number of carbonyl (C=O) groups excluding carboxylic acids is 1. The van der Waals surface area contributed by atoms with Gasteiger partial charge in [0, 0.05) is 31.0 Å². The van der Waals surface area contributed by atoms with Crippen molar-refractivity contribution in [3.8, 4) is 22.8 Å². The predicted molar refractivity (Wildman–Crippen MR) is 151 cm³/mol. The zero-order chi connectivity index (χ0) is 29.1. The topological polar surface area (TPSA) is 135 Å². The lowest BCUT2D eigenvalue weighted by atomic mass is 9.98. The number of sulfonamides is 1. The first-order valence-corrected chi connectivity index (χ1v) is 14.8. The summed E-state index contributed by atoms with van der Waals surface area (Å²) in [6.45, 7) is 0.0300. The third kappa shape index (κ3) is 6.75. The maximum Gasteiger partial charge on any atom is 0.303 e. The third-order valence-corrected chi connectivity index (χ3v) is 8.16. The molecule has 0 bridgehead atoms. The number of hydrogen-bond acceptors (Lipinski definition) is 6. The van der Waals surface area contributed by atoms with E-state index in [1.165, 1.54) is 31.3 Å². The molecule has 0 radical (unpaired) electrons. The van der Waals surface area contributed by atoms with Gasteiger partial charge in [0.1, 0.15) is 28.7 Å². The molecule has 1 amide bonds. The number of benzene rings is 3. The molecule has 1 aliphatic carbocycles. The zero-order valence-electron chi connectivity index (χ0n) is 22.3. The van der Waals surface area contributed by atoms with Crippen LogP contribution in [0.3, 0.4) is 0 Å². The van der Waals surface area contributed by atoms with Crippen molar-refractivity contribution in [2.45, 2.75) is 37.4 Å². The summed E-state index contributed by atoms with van der Waals surface area (Å²) >= 11 is 0. The maximum absolute atomic E-state index is 13.2. The first kappa shape index (κ1) is 28.3. The fourth-order valence-electron chi connectivity index (χ4n) is 4.69. The minimum atomic E-state index is -3.74. The molecule has 4 aromatic rings. The van der Waals surface area contributed by atoms with Crippen LogP contribution in [-0.2, 0) is 20.6 Å². The molecular formula is C30H29FN2O7S. The van der Waals surface area contributed by atoms with Gasteiger partial charge in [-0.25, -0.2) is 17.5 Å². The van der Waals surface area contributed by atoms with E-state index in [1.807, 2.05) is 6.07 Å². The van der Waals surface area contributed by atoms with Crippen LogP contribution in [0.1, 0.15) is 53.1 Å². The van der Waals surface area contributed by atoms with Crippen molar-refractivity contribution in [3.05, 3.63) is 83.2 Å². The van der Waals surface area contributed by atoms with E-state index in [1.54, 1.807) is 30.3 Å². The fourth-order valence-corrected chi connectivity index (χ4v) is 5.91. The van der Waals surface area contributed by atoms with Crippen LogP contribution in [0.4, 0.5) is 4.39 Å². The molecule has 41 heavy (non-hydrogen) atoms. The molecule has 214 valence electrons. The third-order valence-electron chi connectivity index (χ3n) is 6.82. The summed E-state index contributed by atoms with van der Waals surface area (Å²) in [6.07, 6.45) is 1.90. The quantitative estimate of drug-likeness (QED) is 0.187. The van der Waals surface area contributed by atoms with Crippen LogP contribution in [0.15, 0.2) is 65.1 Å². The zero-order valence-corrected chi connectivity index (χ0v) is 23.1. The van der Waals surface area contributed by atoms with Gasteiger partial charge in [0.2, 0.25) is 10.0 Å². The number of halogens is 1. The molecule has 9 nitrogen and oxygen atoms in total. The molecule has 5 rings (SSSR count). The Morgan fingerprint density at radius 1 is 1.05 bits per heavy atom. The number of ether oxygens (including phenoxy) is 1. The average molecular weight is 581 g/mol. The minimum Gasteiger partial charge on any atom is -0.481 e. The molecule has 0 spiro atoms. The summed E-state index contributed by atoms with van der Waals surface area (Å²) in [5.74, 6) is -0.470. The molecule has 1 fully saturated rings. The predicted octanol–water partition coefficient (Wildman–Crippen LogP) is 5.55. The van der Waals surface area contributed by atoms with E-state index in [9.17, 15) is 22.4 Å². The molecule has 3 N–H and O–H groups in total. The lowest BCUT2D eigenvalue weighted by molar-refractivity contribution is -0.137. The highest BCUT2D eigenvalue weighted by Gasteiger charge is 2.31. The van der Waals surface area contributed by atoms with Crippen LogP contribution < -0.4 is 14.8 Å². The van der Waals surface area contributed by atoms with Crippen LogP contribution >= 0.6 is 0 Å². The highest BCUT2D eigenvalue weighted by Crippen LogP contribution is 2.45. The van der Waals surface area contributed by atoms with Crippen LogP contribution in [0.5, 0.6) is 11.5 Å². The van der Waals surface area contributed by atoms with Gasteiger partial charge in [0.15, 0.2) is 0 Å². The second-order valence-electron chi connectivity index (χ2n) is 9.94. The van der Waals surface area contributed by atoms with E-state index >= 15 is 0 Å². The molecule has 3 aromatic carbocycles. The molecule has 1 aromatic heterocycles. The van der Waals surface area contributed by atoms with E-state index in [0.29, 0.717) is 44.9 Å². The van der Waals surface area contributed by atoms with Crippen molar-refractivity contribution in [1.82, 2.24) is 10.0 Å². The van der Waals surface area contributed by atoms with Gasteiger partial charge in [0.25, 0.3) is 5.91 Å². The molecule has 0 unspecified atom stereocenters. The minimum absolute atomic E-state index is 0.0300. The highest BCUT2D eigenvalue weighted by molar-refractivity contribution is 7.88. The van der Waals surface area contributed by atoms with Gasteiger partial charge in [0.05, 0.1) is 11.3 Å². The molecule has 11 heteroatoms. The first-order chi connectivity index (χ1) is 19.6. The van der Waals surface area contributed by atoms with E-state index in [2.05, 4.69) is 10.0 Å². The Labute approximate surface area is 236 Å². The molecule has 0 saturated heterocycles. The lowest BCUT2D eigenvalue weighted by Crippen LogP contribution is -2.27. The second kappa shape index (κ2) is 11.7. The lowest BCUT2D eigenvalue weighted by Gasteiger charge is -2.11. The number of carboxylic acid groups (broad SMARTS) is 1. The summed E-state index contributed by atoms with van der Waals surface area (Å²) in [5, 5.41) is 12.1. The fraction of sp³-hybridized carbons (Fsp3) is 0.267. The number of fused-ring (bicyclic) bond motifs is 1. The molecule has 0 aliphatic heterocycles. The standard InChI is InChI=1S/C30H29FN2O7S/c1-32-30(36)28-25-16-24(18-4-5-18)20(17-41(37,38)33-14-2-3-27(34)35)15-26(25)40-29(28)19-6-10-22(11-7-19)39-23-12-8-21(31)9-13-23/h6-13,15-16,18,33H,2-5,14,17H2,1H3,(H,32,36)(H,34,35). The Morgan fingerprint density at radius 2 is 1.71 bits per heavy atom. The number of aliphatic carboxylic acids is 1. The van der Waals surface area contributed by atoms with Crippen LogP contribution in [-0.4, -0.2) is 39.0 Å². The smallest absolute Gasteiger partial charge is 0.303 e. The number of carbonyl (C=O) groups is 2. The highest BCUT2D eigenvalue weighted by atomic mass is 32.2. The van der Waals surface area contributed by atoms with Crippen molar-refractivity contribution in [3.63, 3.8) is 0 Å². The van der Waals surface area contributed by atoms with E-state index < -0.39 is 16.0 Å². The SMILES string of the molecule is CNC(=O)c1c(-c2ccc(Oc3ccc(F)cc3)cc2)oc2cc(CS(=O)(=O)NCCCC(=O)O)c(C3CC3)cc12. The molecule has 0 atom stereocenters. The van der Waals surface area contributed by atoms with Gasteiger partial charge in [-0.15, -0.1) is 0 Å². The number of furan rings is 1. The van der Waals surface area contributed by atoms with Gasteiger partial charge in [-0.1, -0.05) is 0 Å². The van der Waals surface area contributed by atoms with Gasteiger partial charge >= 0.3 is 5.97 Å². The Morgan fingerprint density at radius 3 is 2.32 bits per heavy atom. The number of nitrogens with one attached hydrogen (secondary N) is 2. The van der Waals surface area contributed by atoms with Gasteiger partial charge in [-0.2, -0.15) is 0 Å².